The first-order chi connectivity index (χ1) is 24.3. The van der Waals surface area contributed by atoms with Gasteiger partial charge in [0.1, 0.15) is 11.2 Å². The molecule has 0 saturated carbocycles. The van der Waals surface area contributed by atoms with Crippen LogP contribution in [-0.2, 0) is 0 Å². The first-order valence-corrected chi connectivity index (χ1v) is 16.4. The number of nitrogens with zero attached hydrogens (tertiary/aromatic N) is 3. The van der Waals surface area contributed by atoms with E-state index in [1.165, 1.54) is 0 Å². The Morgan fingerprint density at radius 3 is 1.45 bits per heavy atom. The molecule has 9 rings (SSSR count). The molecular weight excluding hydrogens is 599 g/mol. The van der Waals surface area contributed by atoms with Crippen molar-refractivity contribution in [3.63, 3.8) is 0 Å². The second-order valence-corrected chi connectivity index (χ2v) is 12.1. The Morgan fingerprint density at radius 2 is 0.776 bits per heavy atom. The van der Waals surface area contributed by atoms with Gasteiger partial charge in [-0.25, -0.2) is 15.0 Å². The van der Waals surface area contributed by atoms with E-state index in [-0.39, 0.29) is 0 Å². The molecule has 0 atom stereocenters. The van der Waals surface area contributed by atoms with Crippen LogP contribution in [0.25, 0.3) is 89.5 Å². The molecule has 0 unspecified atom stereocenters. The molecule has 0 spiro atoms. The van der Waals surface area contributed by atoms with Crippen molar-refractivity contribution in [1.82, 2.24) is 15.0 Å². The Balaban J connectivity index is 1.21. The van der Waals surface area contributed by atoms with E-state index >= 15 is 0 Å². The molecule has 0 N–H and O–H groups in total. The quantitative estimate of drug-likeness (QED) is 0.184. The summed E-state index contributed by atoms with van der Waals surface area (Å²) in [6.07, 6.45) is 0. The fourth-order valence-corrected chi connectivity index (χ4v) is 6.45. The maximum absolute atomic E-state index is 6.63. The van der Waals surface area contributed by atoms with Gasteiger partial charge in [-0.15, -0.1) is 0 Å². The molecule has 0 aliphatic heterocycles. The predicted molar refractivity (Wildman–Crippen MR) is 200 cm³/mol. The van der Waals surface area contributed by atoms with Crippen LogP contribution in [0, 0.1) is 0 Å². The monoisotopic (exact) mass is 627 g/mol. The van der Waals surface area contributed by atoms with Crippen molar-refractivity contribution in [2.45, 2.75) is 0 Å². The fraction of sp³-hybridized carbons (Fsp3) is 0. The molecule has 4 nitrogen and oxygen atoms in total. The maximum Gasteiger partial charge on any atom is 0.167 e. The van der Waals surface area contributed by atoms with Crippen LogP contribution >= 0.6 is 0 Å². The molecule has 2 aromatic heterocycles. The van der Waals surface area contributed by atoms with Crippen molar-refractivity contribution in [1.29, 1.82) is 0 Å². The minimum absolute atomic E-state index is 0.560. The summed E-state index contributed by atoms with van der Waals surface area (Å²) in [6, 6.07) is 60.4. The zero-order valence-corrected chi connectivity index (χ0v) is 26.5. The van der Waals surface area contributed by atoms with Gasteiger partial charge in [-0.3, -0.25) is 0 Å². The number of aromatic nitrogens is 3. The summed E-state index contributed by atoms with van der Waals surface area (Å²) < 4.78 is 6.63. The van der Waals surface area contributed by atoms with Gasteiger partial charge in [-0.2, -0.15) is 0 Å². The second-order valence-electron chi connectivity index (χ2n) is 12.1. The van der Waals surface area contributed by atoms with Gasteiger partial charge in [0.2, 0.25) is 0 Å². The third-order valence-electron chi connectivity index (χ3n) is 8.96. The van der Waals surface area contributed by atoms with Crippen LogP contribution < -0.4 is 0 Å². The van der Waals surface area contributed by atoms with Gasteiger partial charge in [0.05, 0.1) is 5.56 Å². The number of benzene rings is 7. The number of rotatable bonds is 6. The van der Waals surface area contributed by atoms with Gasteiger partial charge >= 0.3 is 0 Å². The van der Waals surface area contributed by atoms with Gasteiger partial charge in [0.15, 0.2) is 17.5 Å². The highest BCUT2D eigenvalue weighted by Gasteiger charge is 2.18. The van der Waals surface area contributed by atoms with Crippen LogP contribution in [0.1, 0.15) is 0 Å². The first kappa shape index (κ1) is 28.6. The number of furan rings is 1. The van der Waals surface area contributed by atoms with E-state index in [2.05, 4.69) is 146 Å². The zero-order valence-electron chi connectivity index (χ0n) is 26.5. The molecule has 7 aromatic carbocycles. The van der Waals surface area contributed by atoms with E-state index in [0.717, 1.165) is 72.0 Å². The smallest absolute Gasteiger partial charge is 0.167 e. The van der Waals surface area contributed by atoms with Crippen molar-refractivity contribution >= 4 is 21.9 Å². The van der Waals surface area contributed by atoms with Crippen LogP contribution in [-0.4, -0.2) is 15.0 Å². The Labute approximate surface area is 284 Å². The first-order valence-electron chi connectivity index (χ1n) is 16.4. The van der Waals surface area contributed by atoms with Gasteiger partial charge in [-0.05, 0) is 57.6 Å². The number of fused-ring (bicyclic) bond motifs is 3. The summed E-state index contributed by atoms with van der Waals surface area (Å²) in [5, 5.41) is 2.08. The van der Waals surface area contributed by atoms with Crippen molar-refractivity contribution in [2.24, 2.45) is 0 Å². The fourth-order valence-electron chi connectivity index (χ4n) is 6.45. The third kappa shape index (κ3) is 5.45. The van der Waals surface area contributed by atoms with Crippen LogP contribution in [0.2, 0.25) is 0 Å². The summed E-state index contributed by atoms with van der Waals surface area (Å²) in [5.41, 5.74) is 11.0. The molecule has 0 aliphatic rings. The lowest BCUT2D eigenvalue weighted by molar-refractivity contribution is 0.669. The van der Waals surface area contributed by atoms with Crippen LogP contribution in [0.4, 0.5) is 0 Å². The highest BCUT2D eigenvalue weighted by Crippen LogP contribution is 2.38. The maximum atomic E-state index is 6.63. The lowest BCUT2D eigenvalue weighted by Crippen LogP contribution is -2.00. The highest BCUT2D eigenvalue weighted by atomic mass is 16.3. The van der Waals surface area contributed by atoms with Crippen LogP contribution in [0.3, 0.4) is 0 Å². The van der Waals surface area contributed by atoms with Gasteiger partial charge in [0, 0.05) is 21.9 Å². The molecule has 0 aliphatic carbocycles. The van der Waals surface area contributed by atoms with Crippen LogP contribution in [0.15, 0.2) is 180 Å². The minimum atomic E-state index is 0.560. The topological polar surface area (TPSA) is 51.8 Å². The molecular formula is C45H29N3O. The Kier molecular flexibility index (Phi) is 7.10. The highest BCUT2D eigenvalue weighted by molar-refractivity contribution is 6.10. The average molecular weight is 628 g/mol. The molecule has 230 valence electrons. The van der Waals surface area contributed by atoms with E-state index in [4.69, 9.17) is 19.4 Å². The van der Waals surface area contributed by atoms with E-state index < -0.39 is 0 Å². The SMILES string of the molecule is c1ccc(-c2ccc(-c3nc(-c4cccc(-c5ccccc5)c4)nc(-c4cccc5c4oc4cc(-c6ccccc6)ccc45)n3)cc2)cc1. The summed E-state index contributed by atoms with van der Waals surface area (Å²) >= 11 is 0. The zero-order chi connectivity index (χ0) is 32.6. The summed E-state index contributed by atoms with van der Waals surface area (Å²) in [6.45, 7) is 0. The molecule has 0 amide bonds. The van der Waals surface area contributed by atoms with Crippen molar-refractivity contribution in [3.8, 4) is 67.5 Å². The van der Waals surface area contributed by atoms with E-state index in [1.807, 2.05) is 30.3 Å². The molecule has 0 bridgehead atoms. The average Bonchev–Trinajstić information content (AvgIpc) is 3.57. The Bertz CT molecular complexity index is 2580. The minimum Gasteiger partial charge on any atom is -0.455 e. The van der Waals surface area contributed by atoms with Crippen molar-refractivity contribution in [3.05, 3.63) is 176 Å². The molecule has 49 heavy (non-hydrogen) atoms. The lowest BCUT2D eigenvalue weighted by Gasteiger charge is -2.10. The van der Waals surface area contributed by atoms with Gasteiger partial charge < -0.3 is 4.42 Å². The van der Waals surface area contributed by atoms with E-state index in [0.29, 0.717) is 17.5 Å². The summed E-state index contributed by atoms with van der Waals surface area (Å²) in [5.74, 6) is 1.76. The third-order valence-corrected chi connectivity index (χ3v) is 8.96. The van der Waals surface area contributed by atoms with E-state index in [1.54, 1.807) is 0 Å². The molecule has 0 saturated heterocycles. The molecule has 9 aromatic rings. The molecule has 0 fully saturated rings. The number of para-hydroxylation sites is 1. The Hall–Kier alpha value is -6.65. The van der Waals surface area contributed by atoms with Gasteiger partial charge in [-0.1, -0.05) is 152 Å². The number of hydrogen-bond donors (Lipinski definition) is 0. The standard InChI is InChI=1S/C45H29N3O/c1-4-12-30(13-5-1)33-22-24-34(25-23-33)43-46-44(37-19-10-18-35(28-37)31-14-6-2-7-15-31)48-45(47-43)40-21-11-20-39-38-27-26-36(29-41(38)49-42(39)40)32-16-8-3-9-17-32/h1-29H. The van der Waals surface area contributed by atoms with Gasteiger partial charge in [0.25, 0.3) is 0 Å². The summed E-state index contributed by atoms with van der Waals surface area (Å²) in [7, 11) is 0. The van der Waals surface area contributed by atoms with Crippen molar-refractivity contribution in [2.75, 3.05) is 0 Å². The van der Waals surface area contributed by atoms with E-state index in [9.17, 15) is 0 Å². The largest absolute Gasteiger partial charge is 0.455 e. The number of hydrogen-bond acceptors (Lipinski definition) is 4. The molecule has 2 heterocycles. The normalized spacial score (nSPS) is 11.3. The molecule has 4 heteroatoms. The second kappa shape index (κ2) is 12.2. The van der Waals surface area contributed by atoms with Crippen LogP contribution in [0.5, 0.6) is 0 Å². The predicted octanol–water partition coefficient (Wildman–Crippen LogP) is 11.8. The Morgan fingerprint density at radius 1 is 0.306 bits per heavy atom. The summed E-state index contributed by atoms with van der Waals surface area (Å²) in [4.78, 5) is 15.2. The lowest BCUT2D eigenvalue weighted by atomic mass is 10.0. The van der Waals surface area contributed by atoms with Crippen molar-refractivity contribution < 1.29 is 4.42 Å². The molecule has 0 radical (unpaired) electrons.